The van der Waals surface area contributed by atoms with Gasteiger partial charge in [-0.25, -0.2) is 4.39 Å². The van der Waals surface area contributed by atoms with Crippen molar-refractivity contribution in [2.75, 3.05) is 5.73 Å². The summed E-state index contributed by atoms with van der Waals surface area (Å²) in [4.78, 5) is 12.0. The molecule has 1 heterocycles. The highest BCUT2D eigenvalue weighted by atomic mass is 79.9. The van der Waals surface area contributed by atoms with Crippen molar-refractivity contribution in [1.29, 1.82) is 0 Å². The van der Waals surface area contributed by atoms with Gasteiger partial charge in [0, 0.05) is 13.5 Å². The highest BCUT2D eigenvalue weighted by Gasteiger charge is 2.14. The Bertz CT molecular complexity index is 609. The molecule has 0 saturated carbocycles. The van der Waals surface area contributed by atoms with Crippen LogP contribution in [-0.2, 0) is 13.5 Å². The number of nitrogen functional groups attached to an aromatic ring is 1. The van der Waals surface area contributed by atoms with Gasteiger partial charge in [0.2, 0.25) is 0 Å². The summed E-state index contributed by atoms with van der Waals surface area (Å²) in [5.41, 5.74) is 6.83. The molecule has 0 spiro atoms. The van der Waals surface area contributed by atoms with E-state index in [9.17, 15) is 9.18 Å². The van der Waals surface area contributed by atoms with E-state index in [1.54, 1.807) is 19.2 Å². The molecule has 4 nitrogen and oxygen atoms in total. The lowest BCUT2D eigenvalue weighted by molar-refractivity contribution is 0.0993. The number of nitrogens with zero attached hydrogens (tertiary/aromatic N) is 2. The van der Waals surface area contributed by atoms with Crippen LogP contribution in [0.15, 0.2) is 28.9 Å². The zero-order chi connectivity index (χ0) is 13.3. The maximum atomic E-state index is 13.1. The van der Waals surface area contributed by atoms with Crippen LogP contribution in [-0.4, -0.2) is 15.6 Å². The van der Waals surface area contributed by atoms with Gasteiger partial charge in [0.15, 0.2) is 5.78 Å². The highest BCUT2D eigenvalue weighted by molar-refractivity contribution is 9.10. The molecule has 0 aliphatic carbocycles. The van der Waals surface area contributed by atoms with Crippen LogP contribution in [0.4, 0.5) is 10.2 Å². The lowest BCUT2D eigenvalue weighted by Crippen LogP contribution is -2.07. The molecular weight excluding hydrogens is 301 g/mol. The zero-order valence-corrected chi connectivity index (χ0v) is 11.2. The fourth-order valence-corrected chi connectivity index (χ4v) is 2.02. The van der Waals surface area contributed by atoms with Crippen molar-refractivity contribution in [2.45, 2.75) is 6.42 Å². The van der Waals surface area contributed by atoms with Gasteiger partial charge >= 0.3 is 0 Å². The molecule has 0 atom stereocenters. The third-order valence-electron chi connectivity index (χ3n) is 2.63. The number of rotatable bonds is 3. The predicted octanol–water partition coefficient (Wildman–Crippen LogP) is 2.33. The number of carbonyl (C=O) groups excluding carboxylic acids is 1. The average molecular weight is 312 g/mol. The number of Topliss-reactive ketones (excluding diaryl/α,β-unsaturated/α-hetero) is 1. The van der Waals surface area contributed by atoms with Crippen molar-refractivity contribution in [3.8, 4) is 0 Å². The van der Waals surface area contributed by atoms with E-state index in [2.05, 4.69) is 21.0 Å². The van der Waals surface area contributed by atoms with Crippen LogP contribution in [0.5, 0.6) is 0 Å². The first-order valence-electron chi connectivity index (χ1n) is 5.23. The number of halogens is 2. The van der Waals surface area contributed by atoms with Gasteiger partial charge < -0.3 is 5.73 Å². The van der Waals surface area contributed by atoms with Crippen LogP contribution in [0.3, 0.4) is 0 Å². The summed E-state index contributed by atoms with van der Waals surface area (Å²) in [7, 11) is 1.67. The summed E-state index contributed by atoms with van der Waals surface area (Å²) in [5.74, 6) is -0.160. The number of hydrogen-bond donors (Lipinski definition) is 1. The fourth-order valence-electron chi connectivity index (χ4n) is 1.59. The van der Waals surface area contributed by atoms with Gasteiger partial charge in [-0.05, 0) is 33.6 Å². The van der Waals surface area contributed by atoms with Crippen LogP contribution in [0, 0.1) is 5.82 Å². The van der Waals surface area contributed by atoms with Crippen molar-refractivity contribution < 1.29 is 9.18 Å². The molecule has 0 aliphatic rings. The fraction of sp³-hybridized carbons (Fsp3) is 0.167. The molecule has 0 amide bonds. The minimum atomic E-state index is -0.355. The molecule has 94 valence electrons. The molecule has 0 aliphatic heterocycles. The van der Waals surface area contributed by atoms with E-state index in [1.807, 2.05) is 0 Å². The number of aromatic nitrogens is 2. The quantitative estimate of drug-likeness (QED) is 0.885. The first-order chi connectivity index (χ1) is 8.49. The molecule has 2 aromatic rings. The summed E-state index contributed by atoms with van der Waals surface area (Å²) in [6.07, 6.45) is 1.60. The number of ketones is 1. The molecule has 0 fully saturated rings. The average Bonchev–Trinajstić information content (AvgIpc) is 2.65. The standard InChI is InChI=1S/C12H11BrFN3O/c1-17-12(15)8(6-16-17)11(18)5-7-2-3-10(14)9(13)4-7/h2-4,6H,5,15H2,1H3. The number of hydrogen-bond acceptors (Lipinski definition) is 3. The minimum absolute atomic E-state index is 0.140. The Balaban J connectivity index is 2.21. The van der Waals surface area contributed by atoms with Gasteiger partial charge in [-0.15, -0.1) is 0 Å². The maximum Gasteiger partial charge on any atom is 0.172 e. The molecular formula is C12H11BrFN3O. The number of aryl methyl sites for hydroxylation is 1. The topological polar surface area (TPSA) is 60.9 Å². The van der Waals surface area contributed by atoms with Crippen LogP contribution in [0.2, 0.25) is 0 Å². The van der Waals surface area contributed by atoms with Crippen LogP contribution in [0.25, 0.3) is 0 Å². The molecule has 2 N–H and O–H groups in total. The number of nitrogens with two attached hydrogens (primary N) is 1. The van der Waals surface area contributed by atoms with Crippen LogP contribution < -0.4 is 5.73 Å². The smallest absolute Gasteiger partial charge is 0.172 e. The van der Waals surface area contributed by atoms with E-state index in [4.69, 9.17) is 5.73 Å². The van der Waals surface area contributed by atoms with E-state index in [1.165, 1.54) is 16.9 Å². The van der Waals surface area contributed by atoms with E-state index in [0.29, 0.717) is 15.9 Å². The molecule has 6 heteroatoms. The van der Waals surface area contributed by atoms with Gasteiger partial charge in [0.05, 0.1) is 16.2 Å². The summed E-state index contributed by atoms with van der Waals surface area (Å²) >= 11 is 3.08. The van der Waals surface area contributed by atoms with Crippen LogP contribution >= 0.6 is 15.9 Å². The van der Waals surface area contributed by atoms with E-state index in [-0.39, 0.29) is 18.0 Å². The highest BCUT2D eigenvalue weighted by Crippen LogP contribution is 2.19. The van der Waals surface area contributed by atoms with Crippen molar-refractivity contribution in [3.63, 3.8) is 0 Å². The largest absolute Gasteiger partial charge is 0.383 e. The van der Waals surface area contributed by atoms with Crippen molar-refractivity contribution >= 4 is 27.5 Å². The molecule has 1 aromatic carbocycles. The third-order valence-corrected chi connectivity index (χ3v) is 3.24. The van der Waals surface area contributed by atoms with Crippen molar-refractivity contribution in [2.24, 2.45) is 7.05 Å². The molecule has 0 bridgehead atoms. The van der Waals surface area contributed by atoms with Crippen molar-refractivity contribution in [1.82, 2.24) is 9.78 Å². The maximum absolute atomic E-state index is 13.1. The second-order valence-electron chi connectivity index (χ2n) is 3.92. The SMILES string of the molecule is Cn1ncc(C(=O)Cc2ccc(F)c(Br)c2)c1N. The van der Waals surface area contributed by atoms with Gasteiger partial charge in [0.25, 0.3) is 0 Å². The Labute approximate surface area is 112 Å². The second kappa shape index (κ2) is 4.89. The lowest BCUT2D eigenvalue weighted by atomic mass is 10.1. The van der Waals surface area contributed by atoms with E-state index in [0.717, 1.165) is 5.56 Å². The van der Waals surface area contributed by atoms with Crippen molar-refractivity contribution in [3.05, 3.63) is 45.8 Å². The number of carbonyl (C=O) groups is 1. The number of benzene rings is 1. The summed E-state index contributed by atoms with van der Waals surface area (Å²) < 4.78 is 14.8. The third kappa shape index (κ3) is 2.43. The molecule has 0 unspecified atom stereocenters. The first-order valence-corrected chi connectivity index (χ1v) is 6.03. The van der Waals surface area contributed by atoms with Gasteiger partial charge in [-0.1, -0.05) is 6.07 Å². The lowest BCUT2D eigenvalue weighted by Gasteiger charge is -2.02. The first kappa shape index (κ1) is 12.8. The zero-order valence-electron chi connectivity index (χ0n) is 9.65. The Kier molecular flexibility index (Phi) is 3.47. The molecule has 18 heavy (non-hydrogen) atoms. The Morgan fingerprint density at radius 2 is 2.28 bits per heavy atom. The summed E-state index contributed by atoms with van der Waals surface area (Å²) in [6, 6.07) is 4.48. The Morgan fingerprint density at radius 3 is 2.83 bits per heavy atom. The Hall–Kier alpha value is -1.69. The normalized spacial score (nSPS) is 10.6. The minimum Gasteiger partial charge on any atom is -0.383 e. The van der Waals surface area contributed by atoms with E-state index < -0.39 is 0 Å². The molecule has 0 radical (unpaired) electrons. The molecule has 1 aromatic heterocycles. The van der Waals surface area contributed by atoms with Gasteiger partial charge in [-0.3, -0.25) is 9.48 Å². The number of anilines is 1. The summed E-state index contributed by atoms with van der Waals surface area (Å²) in [6.45, 7) is 0. The predicted molar refractivity (Wildman–Crippen MR) is 69.8 cm³/mol. The van der Waals surface area contributed by atoms with Gasteiger partial charge in [-0.2, -0.15) is 5.10 Å². The molecule has 0 saturated heterocycles. The van der Waals surface area contributed by atoms with E-state index >= 15 is 0 Å². The Morgan fingerprint density at radius 1 is 1.56 bits per heavy atom. The van der Waals surface area contributed by atoms with Crippen LogP contribution in [0.1, 0.15) is 15.9 Å². The molecule has 2 rings (SSSR count). The monoisotopic (exact) mass is 311 g/mol. The van der Waals surface area contributed by atoms with Gasteiger partial charge in [0.1, 0.15) is 11.6 Å². The second-order valence-corrected chi connectivity index (χ2v) is 4.77. The summed E-state index contributed by atoms with van der Waals surface area (Å²) in [5, 5.41) is 3.91.